The molecule has 19 heavy (non-hydrogen) atoms. The number of carbonyl (C=O) groups is 3. The first-order valence-electron chi connectivity index (χ1n) is 6.34. The number of ketones is 1. The quantitative estimate of drug-likeness (QED) is 0.836. The predicted molar refractivity (Wildman–Crippen MR) is 71.1 cm³/mol. The van der Waals surface area contributed by atoms with Crippen molar-refractivity contribution in [2.75, 3.05) is 11.4 Å². The molecule has 1 saturated heterocycles. The van der Waals surface area contributed by atoms with Crippen LogP contribution < -0.4 is 10.2 Å². The fourth-order valence-corrected chi connectivity index (χ4v) is 2.12. The lowest BCUT2D eigenvalue weighted by Gasteiger charge is -2.27. The van der Waals surface area contributed by atoms with E-state index in [2.05, 4.69) is 12.2 Å². The molecule has 0 atom stereocenters. The number of imide groups is 1. The molecule has 0 spiro atoms. The number of benzene rings is 1. The zero-order valence-electron chi connectivity index (χ0n) is 11.0. The standard InChI is InChI=1S/C14H16N2O3/c1-3-9-5-6-11(10(4-2)7-9)16-8-12(17)13(18)15-14(16)19/h5-7H,3-4,8H2,1-2H3,(H,15,18,19). The average molecular weight is 260 g/mol. The van der Waals surface area contributed by atoms with Crippen molar-refractivity contribution >= 4 is 23.4 Å². The van der Waals surface area contributed by atoms with Gasteiger partial charge in [-0.1, -0.05) is 26.0 Å². The number of nitrogens with one attached hydrogen (secondary N) is 1. The van der Waals surface area contributed by atoms with Crippen LogP contribution in [0.4, 0.5) is 10.5 Å². The molecule has 3 amide bonds. The van der Waals surface area contributed by atoms with Gasteiger partial charge in [0.05, 0.1) is 6.54 Å². The summed E-state index contributed by atoms with van der Waals surface area (Å²) in [7, 11) is 0. The molecule has 0 unspecified atom stereocenters. The molecular formula is C14H16N2O3. The summed E-state index contributed by atoms with van der Waals surface area (Å²) in [4.78, 5) is 35.7. The van der Waals surface area contributed by atoms with E-state index in [1.807, 2.05) is 25.1 Å². The lowest BCUT2D eigenvalue weighted by molar-refractivity contribution is -0.137. The molecule has 1 fully saturated rings. The third kappa shape index (κ3) is 2.50. The van der Waals surface area contributed by atoms with Crippen molar-refractivity contribution < 1.29 is 14.4 Å². The fourth-order valence-electron chi connectivity index (χ4n) is 2.12. The molecule has 100 valence electrons. The third-order valence-corrected chi connectivity index (χ3v) is 3.24. The first-order valence-corrected chi connectivity index (χ1v) is 6.34. The fraction of sp³-hybridized carbons (Fsp3) is 0.357. The van der Waals surface area contributed by atoms with E-state index in [0.29, 0.717) is 5.69 Å². The molecule has 1 N–H and O–H groups in total. The summed E-state index contributed by atoms with van der Waals surface area (Å²) in [5.74, 6) is -1.43. The first-order chi connectivity index (χ1) is 9.06. The molecule has 1 aromatic rings. The topological polar surface area (TPSA) is 66.5 Å². The number of carbonyl (C=O) groups excluding carboxylic acids is 3. The largest absolute Gasteiger partial charge is 0.329 e. The molecule has 0 aliphatic carbocycles. The Labute approximate surface area is 111 Å². The Morgan fingerprint density at radius 3 is 2.53 bits per heavy atom. The molecule has 2 rings (SSSR count). The maximum atomic E-state index is 11.8. The molecule has 1 aliphatic rings. The van der Waals surface area contributed by atoms with Crippen LogP contribution in [0.15, 0.2) is 18.2 Å². The smallest absolute Gasteiger partial charge is 0.287 e. The Morgan fingerprint density at radius 2 is 1.89 bits per heavy atom. The number of nitrogens with zero attached hydrogens (tertiary/aromatic N) is 1. The number of Topliss-reactive ketones (excluding diaryl/α,β-unsaturated/α-hetero) is 1. The minimum Gasteiger partial charge on any atom is -0.287 e. The van der Waals surface area contributed by atoms with Gasteiger partial charge >= 0.3 is 6.03 Å². The second-order valence-corrected chi connectivity index (χ2v) is 4.44. The van der Waals surface area contributed by atoms with Gasteiger partial charge in [-0.15, -0.1) is 0 Å². The summed E-state index contributed by atoms with van der Waals surface area (Å²) >= 11 is 0. The molecule has 1 aliphatic heterocycles. The highest BCUT2D eigenvalue weighted by molar-refractivity contribution is 6.43. The molecule has 0 saturated carbocycles. The van der Waals surface area contributed by atoms with E-state index in [1.165, 1.54) is 10.5 Å². The molecule has 1 heterocycles. The van der Waals surface area contributed by atoms with Crippen molar-refractivity contribution in [3.63, 3.8) is 0 Å². The van der Waals surface area contributed by atoms with Crippen LogP contribution in [0.2, 0.25) is 0 Å². The second kappa shape index (κ2) is 5.22. The lowest BCUT2D eigenvalue weighted by Crippen LogP contribution is -2.55. The van der Waals surface area contributed by atoms with Gasteiger partial charge in [0.2, 0.25) is 5.78 Å². The van der Waals surface area contributed by atoms with Crippen LogP contribution in [0.1, 0.15) is 25.0 Å². The van der Waals surface area contributed by atoms with Crippen LogP contribution in [-0.4, -0.2) is 24.3 Å². The number of aryl methyl sites for hydroxylation is 2. The summed E-state index contributed by atoms with van der Waals surface area (Å²) in [5.41, 5.74) is 2.87. The van der Waals surface area contributed by atoms with Gasteiger partial charge in [0.25, 0.3) is 5.91 Å². The number of hydrogen-bond donors (Lipinski definition) is 1. The van der Waals surface area contributed by atoms with Gasteiger partial charge in [0.15, 0.2) is 0 Å². The molecule has 0 bridgehead atoms. The zero-order chi connectivity index (χ0) is 14.0. The van der Waals surface area contributed by atoms with E-state index in [1.54, 1.807) is 0 Å². The van der Waals surface area contributed by atoms with Gasteiger partial charge in [-0.05, 0) is 30.0 Å². The summed E-state index contributed by atoms with van der Waals surface area (Å²) in [6.07, 6.45) is 1.67. The summed E-state index contributed by atoms with van der Waals surface area (Å²) in [6.45, 7) is 3.86. The summed E-state index contributed by atoms with van der Waals surface area (Å²) < 4.78 is 0. The van der Waals surface area contributed by atoms with Crippen molar-refractivity contribution in [3.05, 3.63) is 29.3 Å². The van der Waals surface area contributed by atoms with Gasteiger partial charge in [-0.3, -0.25) is 19.8 Å². The number of hydrogen-bond acceptors (Lipinski definition) is 3. The Kier molecular flexibility index (Phi) is 3.64. The highest BCUT2D eigenvalue weighted by atomic mass is 16.2. The Bertz CT molecular complexity index is 552. The predicted octanol–water partition coefficient (Wildman–Crippen LogP) is 1.44. The minimum atomic E-state index is -0.829. The summed E-state index contributed by atoms with van der Waals surface area (Å²) in [5, 5.41) is 2.06. The maximum absolute atomic E-state index is 11.8. The molecule has 0 radical (unpaired) electrons. The number of urea groups is 1. The second-order valence-electron chi connectivity index (χ2n) is 4.44. The van der Waals surface area contributed by atoms with Crippen LogP contribution >= 0.6 is 0 Å². The van der Waals surface area contributed by atoms with Crippen molar-refractivity contribution in [2.24, 2.45) is 0 Å². The highest BCUT2D eigenvalue weighted by Gasteiger charge is 2.31. The van der Waals surface area contributed by atoms with E-state index in [9.17, 15) is 14.4 Å². The third-order valence-electron chi connectivity index (χ3n) is 3.24. The SMILES string of the molecule is CCc1ccc(N2CC(=O)C(=O)NC2=O)c(CC)c1. The van der Waals surface area contributed by atoms with Gasteiger partial charge in [-0.25, -0.2) is 4.79 Å². The highest BCUT2D eigenvalue weighted by Crippen LogP contribution is 2.24. The van der Waals surface area contributed by atoms with Crippen molar-refractivity contribution in [3.8, 4) is 0 Å². The van der Waals surface area contributed by atoms with Gasteiger partial charge < -0.3 is 0 Å². The Hall–Kier alpha value is -2.17. The van der Waals surface area contributed by atoms with Crippen LogP contribution in [0, 0.1) is 0 Å². The van der Waals surface area contributed by atoms with Crippen molar-refractivity contribution in [1.29, 1.82) is 0 Å². The normalized spacial score (nSPS) is 15.7. The van der Waals surface area contributed by atoms with Gasteiger partial charge in [0.1, 0.15) is 0 Å². The molecular weight excluding hydrogens is 244 g/mol. The van der Waals surface area contributed by atoms with E-state index in [0.717, 1.165) is 18.4 Å². The summed E-state index contributed by atoms with van der Waals surface area (Å²) in [6, 6.07) is 5.26. The number of anilines is 1. The first kappa shape index (κ1) is 13.3. The Morgan fingerprint density at radius 1 is 1.16 bits per heavy atom. The Balaban J connectivity index is 2.38. The minimum absolute atomic E-state index is 0.191. The molecule has 0 aromatic heterocycles. The lowest BCUT2D eigenvalue weighted by atomic mass is 10.0. The van der Waals surface area contributed by atoms with Gasteiger partial charge in [0, 0.05) is 5.69 Å². The molecule has 5 heteroatoms. The van der Waals surface area contributed by atoms with E-state index < -0.39 is 17.7 Å². The van der Waals surface area contributed by atoms with Crippen LogP contribution in [0.3, 0.4) is 0 Å². The van der Waals surface area contributed by atoms with Crippen LogP contribution in [-0.2, 0) is 22.4 Å². The van der Waals surface area contributed by atoms with Crippen molar-refractivity contribution in [1.82, 2.24) is 5.32 Å². The average Bonchev–Trinajstić information content (AvgIpc) is 2.42. The maximum Gasteiger partial charge on any atom is 0.329 e. The molecule has 1 aromatic carbocycles. The molecule has 5 nitrogen and oxygen atoms in total. The van der Waals surface area contributed by atoms with Crippen LogP contribution in [0.25, 0.3) is 0 Å². The van der Waals surface area contributed by atoms with Crippen molar-refractivity contribution in [2.45, 2.75) is 26.7 Å². The van der Waals surface area contributed by atoms with E-state index >= 15 is 0 Å². The monoisotopic (exact) mass is 260 g/mol. The van der Waals surface area contributed by atoms with Gasteiger partial charge in [-0.2, -0.15) is 0 Å². The zero-order valence-corrected chi connectivity index (χ0v) is 11.0. The van der Waals surface area contributed by atoms with E-state index in [4.69, 9.17) is 0 Å². The van der Waals surface area contributed by atoms with Crippen LogP contribution in [0.5, 0.6) is 0 Å². The number of rotatable bonds is 3. The van der Waals surface area contributed by atoms with E-state index in [-0.39, 0.29) is 6.54 Å². The number of amides is 3.